The Balaban J connectivity index is 1.89. The molecule has 1 N–H and O–H groups in total. The number of ether oxygens (including phenoxy) is 1. The Kier molecular flexibility index (Phi) is 5.41. The standard InChI is InChI=1S/C17H23NO4/c1-12-6-5-8-15(13(12)2)22-11-9-16(19)18-10-4-3-7-14(18)17(20)21/h5-6,8,14H,3-4,7,9-11H2,1-2H3,(H,20,21). The van der Waals surface area contributed by atoms with E-state index in [1.165, 1.54) is 4.90 Å². The van der Waals surface area contributed by atoms with E-state index in [1.54, 1.807) is 0 Å². The highest BCUT2D eigenvalue weighted by molar-refractivity contribution is 5.83. The van der Waals surface area contributed by atoms with Crippen LogP contribution in [-0.2, 0) is 9.59 Å². The van der Waals surface area contributed by atoms with Crippen LogP contribution in [0.15, 0.2) is 18.2 Å². The van der Waals surface area contributed by atoms with E-state index >= 15 is 0 Å². The zero-order chi connectivity index (χ0) is 16.1. The van der Waals surface area contributed by atoms with Gasteiger partial charge >= 0.3 is 5.97 Å². The molecule has 1 aliphatic heterocycles. The van der Waals surface area contributed by atoms with E-state index in [1.807, 2.05) is 32.0 Å². The monoisotopic (exact) mass is 305 g/mol. The first-order valence-electron chi connectivity index (χ1n) is 7.72. The number of hydrogen-bond donors (Lipinski definition) is 1. The van der Waals surface area contributed by atoms with Crippen molar-refractivity contribution < 1.29 is 19.4 Å². The molecule has 1 unspecified atom stereocenters. The van der Waals surface area contributed by atoms with Gasteiger partial charge in [0.15, 0.2) is 0 Å². The van der Waals surface area contributed by atoms with Crippen molar-refractivity contribution in [3.8, 4) is 5.75 Å². The average molecular weight is 305 g/mol. The highest BCUT2D eigenvalue weighted by Crippen LogP contribution is 2.21. The zero-order valence-corrected chi connectivity index (χ0v) is 13.2. The molecule has 0 radical (unpaired) electrons. The molecule has 120 valence electrons. The summed E-state index contributed by atoms with van der Waals surface area (Å²) < 4.78 is 5.68. The molecule has 1 amide bonds. The summed E-state index contributed by atoms with van der Waals surface area (Å²) >= 11 is 0. The summed E-state index contributed by atoms with van der Waals surface area (Å²) in [7, 11) is 0. The van der Waals surface area contributed by atoms with Crippen LogP contribution < -0.4 is 4.74 Å². The number of hydrogen-bond acceptors (Lipinski definition) is 3. The van der Waals surface area contributed by atoms with Gasteiger partial charge < -0.3 is 14.7 Å². The van der Waals surface area contributed by atoms with Crippen molar-refractivity contribution >= 4 is 11.9 Å². The number of aliphatic carboxylic acids is 1. The van der Waals surface area contributed by atoms with Crippen LogP contribution in [0, 0.1) is 13.8 Å². The van der Waals surface area contributed by atoms with Gasteiger partial charge in [-0.3, -0.25) is 4.79 Å². The molecule has 22 heavy (non-hydrogen) atoms. The van der Waals surface area contributed by atoms with Gasteiger partial charge in [0.2, 0.25) is 5.91 Å². The highest BCUT2D eigenvalue weighted by Gasteiger charge is 2.31. The van der Waals surface area contributed by atoms with Crippen molar-refractivity contribution in [3.63, 3.8) is 0 Å². The molecule has 1 aromatic carbocycles. The van der Waals surface area contributed by atoms with E-state index < -0.39 is 12.0 Å². The fourth-order valence-electron chi connectivity index (χ4n) is 2.76. The second-order valence-electron chi connectivity index (χ2n) is 5.73. The number of nitrogens with zero attached hydrogens (tertiary/aromatic N) is 1. The third kappa shape index (κ3) is 3.78. The molecular weight excluding hydrogens is 282 g/mol. The number of carboxylic acids is 1. The van der Waals surface area contributed by atoms with Gasteiger partial charge in [-0.05, 0) is 50.3 Å². The van der Waals surface area contributed by atoms with E-state index in [2.05, 4.69) is 0 Å². The predicted octanol–water partition coefficient (Wildman–Crippen LogP) is 2.54. The van der Waals surface area contributed by atoms with Gasteiger partial charge in [-0.2, -0.15) is 0 Å². The van der Waals surface area contributed by atoms with Crippen LogP contribution in [0.2, 0.25) is 0 Å². The number of likely N-dealkylation sites (tertiary alicyclic amines) is 1. The number of carbonyl (C=O) groups excluding carboxylic acids is 1. The van der Waals surface area contributed by atoms with Crippen molar-refractivity contribution in [2.45, 2.75) is 45.6 Å². The Morgan fingerprint density at radius 1 is 1.32 bits per heavy atom. The molecule has 1 aliphatic rings. The second kappa shape index (κ2) is 7.29. The molecule has 1 fully saturated rings. The molecule has 5 heteroatoms. The summed E-state index contributed by atoms with van der Waals surface area (Å²) in [4.78, 5) is 24.9. The zero-order valence-electron chi connectivity index (χ0n) is 13.2. The SMILES string of the molecule is Cc1cccc(OCCC(=O)N2CCCCC2C(=O)O)c1C. The Hall–Kier alpha value is -2.04. The van der Waals surface area contributed by atoms with E-state index in [0.29, 0.717) is 13.0 Å². The van der Waals surface area contributed by atoms with Gasteiger partial charge in [0.25, 0.3) is 0 Å². The van der Waals surface area contributed by atoms with Gasteiger partial charge in [0.1, 0.15) is 11.8 Å². The first kappa shape index (κ1) is 16.3. The average Bonchev–Trinajstić information content (AvgIpc) is 2.51. The third-order valence-corrected chi connectivity index (χ3v) is 4.24. The minimum Gasteiger partial charge on any atom is -0.493 e. The number of aryl methyl sites for hydroxylation is 1. The molecule has 0 saturated carbocycles. The lowest BCUT2D eigenvalue weighted by molar-refractivity contribution is -0.152. The van der Waals surface area contributed by atoms with Crippen LogP contribution in [-0.4, -0.2) is 41.1 Å². The molecule has 0 bridgehead atoms. The Morgan fingerprint density at radius 3 is 2.82 bits per heavy atom. The lowest BCUT2D eigenvalue weighted by atomic mass is 10.0. The summed E-state index contributed by atoms with van der Waals surface area (Å²) in [6, 6.07) is 5.14. The van der Waals surface area contributed by atoms with Crippen molar-refractivity contribution in [2.24, 2.45) is 0 Å². The largest absolute Gasteiger partial charge is 0.493 e. The van der Waals surface area contributed by atoms with E-state index in [4.69, 9.17) is 4.74 Å². The molecule has 0 aliphatic carbocycles. The Morgan fingerprint density at radius 2 is 2.09 bits per heavy atom. The molecule has 1 heterocycles. The summed E-state index contributed by atoms with van der Waals surface area (Å²) in [5, 5.41) is 9.20. The van der Waals surface area contributed by atoms with Gasteiger partial charge in [0, 0.05) is 6.54 Å². The van der Waals surface area contributed by atoms with Crippen LogP contribution in [0.4, 0.5) is 0 Å². The van der Waals surface area contributed by atoms with Gasteiger partial charge in [-0.25, -0.2) is 4.79 Å². The van der Waals surface area contributed by atoms with Crippen molar-refractivity contribution in [2.75, 3.05) is 13.2 Å². The number of amides is 1. The molecule has 2 rings (SSSR count). The van der Waals surface area contributed by atoms with Gasteiger partial charge in [-0.1, -0.05) is 12.1 Å². The quantitative estimate of drug-likeness (QED) is 0.908. The number of rotatable bonds is 5. The fraction of sp³-hybridized carbons (Fsp3) is 0.529. The number of piperidine rings is 1. The van der Waals surface area contributed by atoms with Gasteiger partial charge in [0.05, 0.1) is 13.0 Å². The maximum atomic E-state index is 12.2. The Bertz CT molecular complexity index is 556. The molecule has 1 aromatic rings. The van der Waals surface area contributed by atoms with E-state index in [-0.39, 0.29) is 18.9 Å². The van der Waals surface area contributed by atoms with Crippen molar-refractivity contribution in [3.05, 3.63) is 29.3 Å². The first-order valence-corrected chi connectivity index (χ1v) is 7.72. The molecule has 5 nitrogen and oxygen atoms in total. The number of carboxylic acid groups (broad SMARTS) is 1. The molecule has 0 aromatic heterocycles. The van der Waals surface area contributed by atoms with Crippen LogP contribution in [0.1, 0.15) is 36.8 Å². The molecule has 1 atom stereocenters. The van der Waals surface area contributed by atoms with Crippen LogP contribution in [0.3, 0.4) is 0 Å². The Labute approximate surface area is 130 Å². The fourth-order valence-corrected chi connectivity index (χ4v) is 2.76. The molecule has 1 saturated heterocycles. The highest BCUT2D eigenvalue weighted by atomic mass is 16.5. The third-order valence-electron chi connectivity index (χ3n) is 4.24. The minimum atomic E-state index is -0.913. The van der Waals surface area contributed by atoms with E-state index in [9.17, 15) is 14.7 Å². The van der Waals surface area contributed by atoms with Gasteiger partial charge in [-0.15, -0.1) is 0 Å². The summed E-state index contributed by atoms with van der Waals surface area (Å²) in [5.74, 6) is -0.276. The summed E-state index contributed by atoms with van der Waals surface area (Å²) in [6.45, 7) is 4.79. The van der Waals surface area contributed by atoms with Crippen LogP contribution in [0.5, 0.6) is 5.75 Å². The van der Waals surface area contributed by atoms with E-state index in [0.717, 1.165) is 29.7 Å². The topological polar surface area (TPSA) is 66.8 Å². The number of carbonyl (C=O) groups is 2. The molecule has 0 spiro atoms. The summed E-state index contributed by atoms with van der Waals surface area (Å²) in [5.41, 5.74) is 2.21. The normalized spacial score (nSPS) is 18.1. The maximum absolute atomic E-state index is 12.2. The molecular formula is C17H23NO4. The predicted molar refractivity (Wildman–Crippen MR) is 83.0 cm³/mol. The first-order chi connectivity index (χ1) is 10.5. The van der Waals surface area contributed by atoms with Crippen molar-refractivity contribution in [1.82, 2.24) is 4.90 Å². The smallest absolute Gasteiger partial charge is 0.326 e. The van der Waals surface area contributed by atoms with Crippen molar-refractivity contribution in [1.29, 1.82) is 0 Å². The lowest BCUT2D eigenvalue weighted by Gasteiger charge is -2.33. The maximum Gasteiger partial charge on any atom is 0.326 e. The van der Waals surface area contributed by atoms with Crippen LogP contribution in [0.25, 0.3) is 0 Å². The second-order valence-corrected chi connectivity index (χ2v) is 5.73. The number of benzene rings is 1. The van der Waals surface area contributed by atoms with Crippen LogP contribution >= 0.6 is 0 Å². The lowest BCUT2D eigenvalue weighted by Crippen LogP contribution is -2.48. The minimum absolute atomic E-state index is 0.141. The summed E-state index contributed by atoms with van der Waals surface area (Å²) in [6.07, 6.45) is 2.48.